The Hall–Kier alpha value is -2.04. The van der Waals surface area contributed by atoms with Gasteiger partial charge in [-0.1, -0.05) is 41.4 Å². The Morgan fingerprint density at radius 3 is 2.64 bits per heavy atom. The second kappa shape index (κ2) is 7.06. The molecule has 2 aliphatic heterocycles. The molecule has 4 rings (SSSR count). The molecule has 0 aliphatic carbocycles. The second-order valence-corrected chi connectivity index (χ2v) is 6.73. The molecular formula is C19H17Cl2N3O. The Morgan fingerprint density at radius 1 is 0.960 bits per heavy atom. The van der Waals surface area contributed by atoms with Crippen LogP contribution in [-0.4, -0.2) is 38.0 Å². The maximum absolute atomic E-state index is 6.43. The fourth-order valence-electron chi connectivity index (χ4n) is 3.09. The monoisotopic (exact) mass is 373 g/mol. The van der Waals surface area contributed by atoms with E-state index in [0.717, 1.165) is 35.5 Å². The molecule has 25 heavy (non-hydrogen) atoms. The topological polar surface area (TPSA) is 37.2 Å². The predicted molar refractivity (Wildman–Crippen MR) is 104 cm³/mol. The second-order valence-electron chi connectivity index (χ2n) is 5.89. The Balaban J connectivity index is 1.85. The van der Waals surface area contributed by atoms with E-state index in [9.17, 15) is 0 Å². The van der Waals surface area contributed by atoms with Gasteiger partial charge in [-0.2, -0.15) is 0 Å². The van der Waals surface area contributed by atoms with Crippen LogP contribution in [0.2, 0.25) is 10.0 Å². The summed E-state index contributed by atoms with van der Waals surface area (Å²) in [5.74, 6) is 0. The van der Waals surface area contributed by atoms with Crippen molar-refractivity contribution in [2.24, 2.45) is 9.98 Å². The van der Waals surface area contributed by atoms with Gasteiger partial charge in [-0.05, 0) is 24.3 Å². The van der Waals surface area contributed by atoms with Gasteiger partial charge in [0, 0.05) is 40.7 Å². The Labute approximate surface area is 156 Å². The molecule has 0 radical (unpaired) electrons. The van der Waals surface area contributed by atoms with Crippen LogP contribution in [0.4, 0.5) is 5.69 Å². The van der Waals surface area contributed by atoms with E-state index in [0.29, 0.717) is 35.8 Å². The molecular weight excluding hydrogens is 357 g/mol. The summed E-state index contributed by atoms with van der Waals surface area (Å²) in [5, 5.41) is 1.33. The molecule has 0 fully saturated rings. The van der Waals surface area contributed by atoms with Gasteiger partial charge in [0.1, 0.15) is 0 Å². The molecule has 0 atom stereocenters. The molecule has 4 nitrogen and oxygen atoms in total. The molecule has 0 N–H and O–H groups in total. The van der Waals surface area contributed by atoms with E-state index in [2.05, 4.69) is 9.89 Å². The quantitative estimate of drug-likeness (QED) is 0.741. The lowest BCUT2D eigenvalue weighted by molar-refractivity contribution is 0.274. The summed E-state index contributed by atoms with van der Waals surface area (Å²) in [6.07, 6.45) is 0.951. The number of ether oxygens (including phenoxy) is 1. The van der Waals surface area contributed by atoms with Crippen molar-refractivity contribution in [3.63, 3.8) is 0 Å². The summed E-state index contributed by atoms with van der Waals surface area (Å²) in [6, 6.07) is 14.2. The van der Waals surface area contributed by atoms with Crippen LogP contribution in [0.15, 0.2) is 52.4 Å². The van der Waals surface area contributed by atoms with E-state index in [1.807, 2.05) is 42.5 Å². The van der Waals surface area contributed by atoms with Crippen LogP contribution < -0.4 is 4.90 Å². The number of benzodiazepines with no additional fused rings is 1. The number of anilines is 1. The first-order valence-corrected chi connectivity index (χ1v) is 9.04. The molecule has 0 unspecified atom stereocenters. The number of nitrogens with zero attached hydrogens (tertiary/aromatic N) is 3. The maximum atomic E-state index is 6.43. The highest BCUT2D eigenvalue weighted by Gasteiger charge is 2.25. The van der Waals surface area contributed by atoms with E-state index in [1.54, 1.807) is 0 Å². The van der Waals surface area contributed by atoms with Crippen LogP contribution in [-0.2, 0) is 4.74 Å². The molecule has 128 valence electrons. The van der Waals surface area contributed by atoms with Gasteiger partial charge in [0.25, 0.3) is 6.02 Å². The van der Waals surface area contributed by atoms with Crippen LogP contribution >= 0.6 is 23.2 Å². The normalized spacial score (nSPS) is 17.1. The highest BCUT2D eigenvalue weighted by atomic mass is 35.5. The highest BCUT2D eigenvalue weighted by molar-refractivity contribution is 6.36. The predicted octanol–water partition coefficient (Wildman–Crippen LogP) is 4.43. The lowest BCUT2D eigenvalue weighted by Crippen LogP contribution is -2.37. The minimum Gasteiger partial charge on any atom is -0.465 e. The lowest BCUT2D eigenvalue weighted by atomic mass is 10.00. The van der Waals surface area contributed by atoms with Crippen molar-refractivity contribution >= 4 is 40.6 Å². The van der Waals surface area contributed by atoms with Gasteiger partial charge in [-0.3, -0.25) is 9.89 Å². The van der Waals surface area contributed by atoms with Gasteiger partial charge in [0.05, 0.1) is 24.6 Å². The van der Waals surface area contributed by atoms with Crippen molar-refractivity contribution < 1.29 is 4.74 Å². The van der Waals surface area contributed by atoms with Crippen molar-refractivity contribution in [2.75, 3.05) is 31.1 Å². The van der Waals surface area contributed by atoms with Crippen molar-refractivity contribution in [1.29, 1.82) is 0 Å². The lowest BCUT2D eigenvalue weighted by Gasteiger charge is -2.27. The van der Waals surface area contributed by atoms with Gasteiger partial charge >= 0.3 is 0 Å². The number of aliphatic imine (C=N–C) groups is 2. The Kier molecular flexibility index (Phi) is 4.64. The average Bonchev–Trinajstić information content (AvgIpc) is 2.82. The van der Waals surface area contributed by atoms with Gasteiger partial charge in [0.2, 0.25) is 0 Å². The van der Waals surface area contributed by atoms with E-state index in [-0.39, 0.29) is 0 Å². The molecule has 0 spiro atoms. The van der Waals surface area contributed by atoms with Crippen LogP contribution in [0.1, 0.15) is 17.5 Å². The Morgan fingerprint density at radius 2 is 1.84 bits per heavy atom. The number of amidine groups is 1. The average molecular weight is 374 g/mol. The number of hydrogen-bond acceptors (Lipinski definition) is 4. The number of hydrogen-bond donors (Lipinski definition) is 0. The van der Waals surface area contributed by atoms with Crippen LogP contribution in [0.3, 0.4) is 0 Å². The molecule has 0 aromatic heterocycles. The number of fused-ring (bicyclic) bond motifs is 1. The minimum atomic E-state index is 0.620. The van der Waals surface area contributed by atoms with E-state index >= 15 is 0 Å². The minimum absolute atomic E-state index is 0.620. The first-order chi connectivity index (χ1) is 12.2. The van der Waals surface area contributed by atoms with Crippen LogP contribution in [0.5, 0.6) is 0 Å². The summed E-state index contributed by atoms with van der Waals surface area (Å²) < 4.78 is 5.79. The van der Waals surface area contributed by atoms with Crippen molar-refractivity contribution in [1.82, 2.24) is 0 Å². The number of halogens is 2. The van der Waals surface area contributed by atoms with E-state index in [4.69, 9.17) is 32.9 Å². The van der Waals surface area contributed by atoms with Gasteiger partial charge in [-0.25, -0.2) is 4.99 Å². The van der Waals surface area contributed by atoms with Crippen molar-refractivity contribution in [2.45, 2.75) is 6.42 Å². The third kappa shape index (κ3) is 3.24. The smallest absolute Gasteiger partial charge is 0.291 e. The molecule has 6 heteroatoms. The summed E-state index contributed by atoms with van der Waals surface area (Å²) in [7, 11) is 0. The summed E-state index contributed by atoms with van der Waals surface area (Å²) in [6.45, 7) is 2.79. The largest absolute Gasteiger partial charge is 0.465 e. The van der Waals surface area contributed by atoms with E-state index < -0.39 is 0 Å². The highest BCUT2D eigenvalue weighted by Crippen LogP contribution is 2.31. The zero-order chi connectivity index (χ0) is 17.2. The van der Waals surface area contributed by atoms with Crippen LogP contribution in [0, 0.1) is 0 Å². The molecule has 2 heterocycles. The molecule has 2 aromatic rings. The summed E-state index contributed by atoms with van der Waals surface area (Å²) in [5.41, 5.74) is 3.68. The van der Waals surface area contributed by atoms with E-state index in [1.165, 1.54) is 0 Å². The molecule has 0 amide bonds. The fourth-order valence-corrected chi connectivity index (χ4v) is 3.49. The Bertz CT molecular complexity index is 863. The SMILES string of the molecule is Clc1ccc2c(c1)C(c1ccccc1Cl)=NCCN2C1=NCCCO1. The molecule has 2 aromatic carbocycles. The summed E-state index contributed by atoms with van der Waals surface area (Å²) >= 11 is 12.7. The first-order valence-electron chi connectivity index (χ1n) is 8.28. The van der Waals surface area contributed by atoms with Crippen LogP contribution in [0.25, 0.3) is 0 Å². The number of benzene rings is 2. The summed E-state index contributed by atoms with van der Waals surface area (Å²) in [4.78, 5) is 11.4. The maximum Gasteiger partial charge on any atom is 0.291 e. The third-order valence-corrected chi connectivity index (χ3v) is 4.80. The first kappa shape index (κ1) is 16.4. The van der Waals surface area contributed by atoms with Crippen molar-refractivity contribution in [3.05, 3.63) is 63.6 Å². The zero-order valence-electron chi connectivity index (χ0n) is 13.6. The fraction of sp³-hybridized carbons (Fsp3) is 0.263. The molecule has 2 aliphatic rings. The van der Waals surface area contributed by atoms with Gasteiger partial charge in [-0.15, -0.1) is 0 Å². The number of rotatable bonds is 1. The zero-order valence-corrected chi connectivity index (χ0v) is 15.1. The van der Waals surface area contributed by atoms with Crippen molar-refractivity contribution in [3.8, 4) is 0 Å². The third-order valence-electron chi connectivity index (χ3n) is 4.24. The van der Waals surface area contributed by atoms with Gasteiger partial charge < -0.3 is 4.74 Å². The van der Waals surface area contributed by atoms with Gasteiger partial charge in [0.15, 0.2) is 0 Å². The molecule has 0 saturated heterocycles. The molecule has 0 saturated carbocycles. The standard InChI is InChI=1S/C19H17Cl2N3O/c20-13-6-7-17-15(12-13)18(14-4-1-2-5-16(14)21)22-9-10-24(17)19-23-8-3-11-25-19/h1-2,4-7,12H,3,8-11H2. The molecule has 0 bridgehead atoms.